The van der Waals surface area contributed by atoms with E-state index in [1.54, 1.807) is 0 Å². The van der Waals surface area contributed by atoms with Crippen molar-refractivity contribution in [2.24, 2.45) is 0 Å². The van der Waals surface area contributed by atoms with Gasteiger partial charge < -0.3 is 9.80 Å². The highest BCUT2D eigenvalue weighted by Gasteiger charge is 2.23. The minimum Gasteiger partial charge on any atom is -0.304 e. The predicted octanol–water partition coefficient (Wildman–Crippen LogP) is 1.31. The molecule has 2 heterocycles. The number of hydrogen-bond acceptors (Lipinski definition) is 3. The van der Waals surface area contributed by atoms with E-state index in [0.717, 1.165) is 6.42 Å². The Morgan fingerprint density at radius 1 is 0.941 bits per heavy atom. The average molecular weight is 238 g/mol. The Balaban J connectivity index is 1.78. The monoisotopic (exact) mass is 238 g/mol. The van der Waals surface area contributed by atoms with Crippen LogP contribution >= 0.6 is 0 Å². The summed E-state index contributed by atoms with van der Waals surface area (Å²) in [6.45, 7) is 12.9. The number of nitrogens with zero attached hydrogens (tertiary/aromatic N) is 3. The van der Waals surface area contributed by atoms with E-state index in [0.29, 0.717) is 6.04 Å². The summed E-state index contributed by atoms with van der Waals surface area (Å²) in [5.41, 5.74) is 0. The van der Waals surface area contributed by atoms with Gasteiger partial charge in [0.2, 0.25) is 0 Å². The standard InChI is InChI=1S/C14H28N3/c1-3-14(13-16-7-5-4-6-8-16)17-11-9-15(2)10-12-17/h14H,1,3-13H2,2H3. The number of piperazine rings is 1. The lowest BCUT2D eigenvalue weighted by atomic mass is 10.1. The maximum Gasteiger partial charge on any atom is 0.0224 e. The zero-order valence-electron chi connectivity index (χ0n) is 11.4. The highest BCUT2D eigenvalue weighted by Crippen LogP contribution is 2.14. The predicted molar refractivity (Wildman–Crippen MR) is 73.1 cm³/mol. The van der Waals surface area contributed by atoms with Crippen LogP contribution in [0.5, 0.6) is 0 Å². The molecule has 99 valence electrons. The molecule has 2 saturated heterocycles. The Morgan fingerprint density at radius 2 is 1.59 bits per heavy atom. The Bertz CT molecular complexity index is 206. The average Bonchev–Trinajstić information content (AvgIpc) is 2.38. The smallest absolute Gasteiger partial charge is 0.0224 e. The lowest BCUT2D eigenvalue weighted by Gasteiger charge is -2.40. The van der Waals surface area contributed by atoms with Crippen LogP contribution in [0.25, 0.3) is 0 Å². The normalized spacial score (nSPS) is 27.2. The van der Waals surface area contributed by atoms with Gasteiger partial charge in [-0.1, -0.05) is 13.3 Å². The van der Waals surface area contributed by atoms with E-state index >= 15 is 0 Å². The minimum absolute atomic E-state index is 0.682. The first kappa shape index (κ1) is 13.3. The summed E-state index contributed by atoms with van der Waals surface area (Å²) in [6.07, 6.45) is 5.28. The van der Waals surface area contributed by atoms with Crippen LogP contribution in [0.4, 0.5) is 0 Å². The molecule has 1 unspecified atom stereocenters. The summed E-state index contributed by atoms with van der Waals surface area (Å²) in [4.78, 5) is 7.73. The molecular formula is C14H28N3. The molecule has 0 amide bonds. The largest absolute Gasteiger partial charge is 0.304 e. The summed E-state index contributed by atoms with van der Waals surface area (Å²) < 4.78 is 0. The van der Waals surface area contributed by atoms with Gasteiger partial charge in [0.1, 0.15) is 0 Å². The summed E-state index contributed by atoms with van der Waals surface area (Å²) >= 11 is 0. The van der Waals surface area contributed by atoms with Crippen LogP contribution in [-0.2, 0) is 0 Å². The molecule has 2 aliphatic heterocycles. The zero-order chi connectivity index (χ0) is 12.1. The van der Waals surface area contributed by atoms with Crippen LogP contribution in [-0.4, -0.2) is 73.6 Å². The number of hydrogen-bond donors (Lipinski definition) is 0. The van der Waals surface area contributed by atoms with Crippen molar-refractivity contribution in [3.63, 3.8) is 0 Å². The van der Waals surface area contributed by atoms with Crippen LogP contribution < -0.4 is 0 Å². The molecule has 0 aromatic rings. The second-order valence-electron chi connectivity index (χ2n) is 5.64. The first-order chi connectivity index (χ1) is 8.29. The Morgan fingerprint density at radius 3 is 2.18 bits per heavy atom. The second-order valence-corrected chi connectivity index (χ2v) is 5.64. The van der Waals surface area contributed by atoms with Gasteiger partial charge in [0.05, 0.1) is 0 Å². The molecule has 0 aromatic carbocycles. The summed E-state index contributed by atoms with van der Waals surface area (Å²) in [7, 11) is 2.22. The molecule has 2 rings (SSSR count). The SMILES string of the molecule is [CH2]CC(CN1CCCCC1)N1CCN(C)CC1. The van der Waals surface area contributed by atoms with Crippen LogP contribution in [0.15, 0.2) is 0 Å². The number of piperidine rings is 1. The van der Waals surface area contributed by atoms with Crippen molar-refractivity contribution in [1.82, 2.24) is 14.7 Å². The van der Waals surface area contributed by atoms with E-state index in [-0.39, 0.29) is 0 Å². The molecule has 0 saturated carbocycles. The van der Waals surface area contributed by atoms with Crippen molar-refractivity contribution in [2.45, 2.75) is 31.7 Å². The topological polar surface area (TPSA) is 9.72 Å². The lowest BCUT2D eigenvalue weighted by molar-refractivity contribution is 0.0807. The zero-order valence-corrected chi connectivity index (χ0v) is 11.4. The number of rotatable bonds is 4. The molecule has 0 aliphatic carbocycles. The molecule has 1 radical (unpaired) electrons. The lowest BCUT2D eigenvalue weighted by Crippen LogP contribution is -2.52. The van der Waals surface area contributed by atoms with Crippen LogP contribution in [0.1, 0.15) is 25.7 Å². The molecule has 3 heteroatoms. The van der Waals surface area contributed by atoms with E-state index in [9.17, 15) is 0 Å². The van der Waals surface area contributed by atoms with Gasteiger partial charge in [0.25, 0.3) is 0 Å². The highest BCUT2D eigenvalue weighted by atomic mass is 15.3. The Hall–Kier alpha value is -0.120. The van der Waals surface area contributed by atoms with Gasteiger partial charge in [0, 0.05) is 38.8 Å². The first-order valence-corrected chi connectivity index (χ1v) is 7.24. The van der Waals surface area contributed by atoms with Crippen molar-refractivity contribution < 1.29 is 0 Å². The van der Waals surface area contributed by atoms with Crippen molar-refractivity contribution in [3.8, 4) is 0 Å². The maximum absolute atomic E-state index is 4.16. The van der Waals surface area contributed by atoms with Gasteiger partial charge in [-0.05, 0) is 39.4 Å². The molecule has 2 aliphatic rings. The highest BCUT2D eigenvalue weighted by molar-refractivity contribution is 4.81. The first-order valence-electron chi connectivity index (χ1n) is 7.24. The molecule has 0 aromatic heterocycles. The fraction of sp³-hybridized carbons (Fsp3) is 0.929. The summed E-state index contributed by atoms with van der Waals surface area (Å²) in [5, 5.41) is 0. The Kier molecular flexibility index (Phi) is 5.26. The van der Waals surface area contributed by atoms with Crippen LogP contribution in [0.2, 0.25) is 0 Å². The number of likely N-dealkylation sites (tertiary alicyclic amines) is 1. The quantitative estimate of drug-likeness (QED) is 0.731. The fourth-order valence-electron chi connectivity index (χ4n) is 3.02. The summed E-state index contributed by atoms with van der Waals surface area (Å²) in [6, 6.07) is 0.682. The van der Waals surface area contributed by atoms with Crippen molar-refractivity contribution in [1.29, 1.82) is 0 Å². The number of likely N-dealkylation sites (N-methyl/N-ethyl adjacent to an activating group) is 1. The molecule has 0 N–H and O–H groups in total. The van der Waals surface area contributed by atoms with Crippen molar-refractivity contribution >= 4 is 0 Å². The third-order valence-corrected chi connectivity index (χ3v) is 4.31. The van der Waals surface area contributed by atoms with Gasteiger partial charge >= 0.3 is 0 Å². The van der Waals surface area contributed by atoms with E-state index in [2.05, 4.69) is 28.7 Å². The van der Waals surface area contributed by atoms with E-state index < -0.39 is 0 Å². The molecule has 17 heavy (non-hydrogen) atoms. The van der Waals surface area contributed by atoms with Crippen molar-refractivity contribution in [3.05, 3.63) is 6.92 Å². The van der Waals surface area contributed by atoms with Gasteiger partial charge in [-0.2, -0.15) is 0 Å². The molecule has 0 spiro atoms. The molecule has 0 bridgehead atoms. The third-order valence-electron chi connectivity index (χ3n) is 4.31. The molecule has 1 atom stereocenters. The van der Waals surface area contributed by atoms with E-state index in [1.807, 2.05) is 0 Å². The molecule has 2 fully saturated rings. The van der Waals surface area contributed by atoms with Gasteiger partial charge in [-0.15, -0.1) is 0 Å². The van der Waals surface area contributed by atoms with Gasteiger partial charge in [-0.25, -0.2) is 0 Å². The Labute approximate surface area is 107 Å². The molecule has 3 nitrogen and oxygen atoms in total. The summed E-state index contributed by atoms with van der Waals surface area (Å²) in [5.74, 6) is 0. The second kappa shape index (κ2) is 6.72. The maximum atomic E-state index is 4.16. The minimum atomic E-state index is 0.682. The third kappa shape index (κ3) is 3.94. The fourth-order valence-corrected chi connectivity index (χ4v) is 3.02. The van der Waals surface area contributed by atoms with E-state index in [1.165, 1.54) is 65.1 Å². The van der Waals surface area contributed by atoms with Crippen molar-refractivity contribution in [2.75, 3.05) is 52.9 Å². The molecular weight excluding hydrogens is 210 g/mol. The van der Waals surface area contributed by atoms with E-state index in [4.69, 9.17) is 0 Å². The van der Waals surface area contributed by atoms with Crippen LogP contribution in [0, 0.1) is 6.92 Å². The van der Waals surface area contributed by atoms with Gasteiger partial charge in [0.15, 0.2) is 0 Å². The van der Waals surface area contributed by atoms with Crippen LogP contribution in [0.3, 0.4) is 0 Å². The van der Waals surface area contributed by atoms with Gasteiger partial charge in [-0.3, -0.25) is 4.90 Å².